The zero-order valence-corrected chi connectivity index (χ0v) is 12.7. The molecular weight excluding hydrogens is 256 g/mol. The lowest BCUT2D eigenvalue weighted by atomic mass is 9.73. The van der Waals surface area contributed by atoms with Crippen LogP contribution in [-0.2, 0) is 4.74 Å². The largest absolute Gasteiger partial charge is 0.396 e. The van der Waals surface area contributed by atoms with Crippen LogP contribution < -0.4 is 10.6 Å². The third-order valence-electron chi connectivity index (χ3n) is 4.79. The Labute approximate surface area is 121 Å². The molecule has 2 rings (SSSR count). The number of amides is 2. The van der Waals surface area contributed by atoms with Gasteiger partial charge in [-0.25, -0.2) is 4.79 Å². The summed E-state index contributed by atoms with van der Waals surface area (Å²) in [5, 5.41) is 15.1. The second-order valence-electron chi connectivity index (χ2n) is 7.32. The molecule has 1 saturated heterocycles. The Morgan fingerprint density at radius 3 is 2.40 bits per heavy atom. The summed E-state index contributed by atoms with van der Waals surface area (Å²) in [5.74, 6) is 0.604. The summed E-state index contributed by atoms with van der Waals surface area (Å²) in [6.45, 7) is 6.99. The van der Waals surface area contributed by atoms with Crippen molar-refractivity contribution in [2.24, 2.45) is 16.7 Å². The van der Waals surface area contributed by atoms with Gasteiger partial charge in [0.05, 0.1) is 25.2 Å². The topological polar surface area (TPSA) is 70.6 Å². The molecule has 1 saturated carbocycles. The molecule has 5 nitrogen and oxygen atoms in total. The third-order valence-corrected chi connectivity index (χ3v) is 4.79. The Hall–Kier alpha value is -0.810. The summed E-state index contributed by atoms with van der Waals surface area (Å²) in [4.78, 5) is 11.8. The second kappa shape index (κ2) is 6.31. The Kier molecular flexibility index (Phi) is 4.91. The molecule has 0 atom stereocenters. The smallest absolute Gasteiger partial charge is 0.314 e. The van der Waals surface area contributed by atoms with E-state index in [4.69, 9.17) is 4.74 Å². The van der Waals surface area contributed by atoms with Crippen LogP contribution in [0.25, 0.3) is 0 Å². The molecule has 2 amide bonds. The van der Waals surface area contributed by atoms with Crippen LogP contribution in [0.4, 0.5) is 4.79 Å². The predicted molar refractivity (Wildman–Crippen MR) is 77.5 cm³/mol. The van der Waals surface area contributed by atoms with Gasteiger partial charge in [-0.2, -0.15) is 0 Å². The van der Waals surface area contributed by atoms with Crippen LogP contribution in [0.3, 0.4) is 0 Å². The maximum Gasteiger partial charge on any atom is 0.314 e. The number of rotatable bonds is 5. The zero-order chi connectivity index (χ0) is 14.6. The lowest BCUT2D eigenvalue weighted by molar-refractivity contribution is -0.132. The molecule has 2 aliphatic rings. The molecule has 0 unspecified atom stereocenters. The first kappa shape index (κ1) is 15.6. The van der Waals surface area contributed by atoms with Gasteiger partial charge < -0.3 is 20.5 Å². The molecule has 0 aromatic carbocycles. The minimum atomic E-state index is -0.258. The zero-order valence-electron chi connectivity index (χ0n) is 12.7. The number of nitrogens with one attached hydrogen (secondary N) is 2. The third kappa shape index (κ3) is 4.09. The molecule has 0 aromatic heterocycles. The number of hydrogen-bond acceptors (Lipinski definition) is 3. The molecule has 1 aliphatic heterocycles. The molecule has 116 valence electrons. The molecule has 0 aromatic rings. The van der Waals surface area contributed by atoms with Crippen molar-refractivity contribution in [3.05, 3.63) is 0 Å². The van der Waals surface area contributed by atoms with Gasteiger partial charge in [0.1, 0.15) is 0 Å². The summed E-state index contributed by atoms with van der Waals surface area (Å²) >= 11 is 0. The number of carbonyl (C=O) groups is 1. The maximum absolute atomic E-state index is 11.8. The standard InChI is InChI=1S/C15H28N2O3/c1-14(2)5-3-12(4-6-14)7-16-13(19)17-8-15(9-18)10-20-11-15/h12,18H,3-11H2,1-2H3,(H2,16,17,19). The van der Waals surface area contributed by atoms with Crippen molar-refractivity contribution in [2.75, 3.05) is 32.9 Å². The van der Waals surface area contributed by atoms with E-state index in [1.54, 1.807) is 0 Å². The van der Waals surface area contributed by atoms with Crippen molar-refractivity contribution in [1.29, 1.82) is 0 Å². The number of urea groups is 1. The molecule has 0 bridgehead atoms. The fourth-order valence-electron chi connectivity index (χ4n) is 2.87. The fourth-order valence-corrected chi connectivity index (χ4v) is 2.87. The van der Waals surface area contributed by atoms with Gasteiger partial charge in [-0.3, -0.25) is 0 Å². The van der Waals surface area contributed by atoms with Crippen molar-refractivity contribution in [1.82, 2.24) is 10.6 Å². The molecule has 2 fully saturated rings. The van der Waals surface area contributed by atoms with Crippen LogP contribution in [-0.4, -0.2) is 44.0 Å². The number of ether oxygens (including phenoxy) is 1. The Morgan fingerprint density at radius 1 is 1.25 bits per heavy atom. The normalized spacial score (nSPS) is 24.8. The number of aliphatic hydroxyl groups excluding tert-OH is 1. The lowest BCUT2D eigenvalue weighted by Crippen LogP contribution is -2.54. The molecular formula is C15H28N2O3. The van der Waals surface area contributed by atoms with E-state index in [1.807, 2.05) is 0 Å². The number of hydrogen-bond donors (Lipinski definition) is 3. The minimum Gasteiger partial charge on any atom is -0.396 e. The van der Waals surface area contributed by atoms with E-state index in [0.29, 0.717) is 31.1 Å². The van der Waals surface area contributed by atoms with Crippen molar-refractivity contribution >= 4 is 6.03 Å². The molecule has 1 aliphatic carbocycles. The van der Waals surface area contributed by atoms with Crippen molar-refractivity contribution < 1.29 is 14.6 Å². The van der Waals surface area contributed by atoms with E-state index < -0.39 is 0 Å². The van der Waals surface area contributed by atoms with Crippen LogP contribution in [0, 0.1) is 16.7 Å². The monoisotopic (exact) mass is 284 g/mol. The summed E-state index contributed by atoms with van der Waals surface area (Å²) in [6, 6.07) is -0.130. The van der Waals surface area contributed by atoms with Crippen LogP contribution in [0.5, 0.6) is 0 Å². The first-order valence-corrected chi connectivity index (χ1v) is 7.65. The van der Waals surface area contributed by atoms with Crippen LogP contribution in [0.15, 0.2) is 0 Å². The van der Waals surface area contributed by atoms with E-state index in [1.165, 1.54) is 25.7 Å². The van der Waals surface area contributed by atoms with Gasteiger partial charge in [-0.15, -0.1) is 0 Å². The highest BCUT2D eigenvalue weighted by molar-refractivity contribution is 5.73. The number of aliphatic hydroxyl groups is 1. The SMILES string of the molecule is CC1(C)CCC(CNC(=O)NCC2(CO)COC2)CC1. The first-order valence-electron chi connectivity index (χ1n) is 7.65. The maximum atomic E-state index is 11.8. The second-order valence-corrected chi connectivity index (χ2v) is 7.32. The highest BCUT2D eigenvalue weighted by atomic mass is 16.5. The summed E-state index contributed by atoms with van der Waals surface area (Å²) in [6.07, 6.45) is 4.88. The average Bonchev–Trinajstić information content (AvgIpc) is 2.37. The quantitative estimate of drug-likeness (QED) is 0.716. The van der Waals surface area contributed by atoms with Gasteiger partial charge in [0, 0.05) is 13.1 Å². The first-order chi connectivity index (χ1) is 9.45. The van der Waals surface area contributed by atoms with E-state index >= 15 is 0 Å². The Morgan fingerprint density at radius 2 is 1.90 bits per heavy atom. The lowest BCUT2D eigenvalue weighted by Gasteiger charge is -2.39. The highest BCUT2D eigenvalue weighted by Gasteiger charge is 2.38. The summed E-state index contributed by atoms with van der Waals surface area (Å²) in [5.41, 5.74) is 0.211. The highest BCUT2D eigenvalue weighted by Crippen LogP contribution is 2.37. The van der Waals surface area contributed by atoms with Crippen molar-refractivity contribution in [3.8, 4) is 0 Å². The van der Waals surface area contributed by atoms with Crippen molar-refractivity contribution in [2.45, 2.75) is 39.5 Å². The van der Waals surface area contributed by atoms with Gasteiger partial charge >= 0.3 is 6.03 Å². The van der Waals surface area contributed by atoms with Gasteiger partial charge in [-0.1, -0.05) is 13.8 Å². The molecule has 20 heavy (non-hydrogen) atoms. The van der Waals surface area contributed by atoms with E-state index in [2.05, 4.69) is 24.5 Å². The van der Waals surface area contributed by atoms with E-state index in [-0.39, 0.29) is 18.1 Å². The van der Waals surface area contributed by atoms with Crippen LogP contribution in [0.1, 0.15) is 39.5 Å². The fraction of sp³-hybridized carbons (Fsp3) is 0.933. The van der Waals surface area contributed by atoms with E-state index in [9.17, 15) is 9.90 Å². The Bertz CT molecular complexity index is 325. The Balaban J connectivity index is 1.61. The average molecular weight is 284 g/mol. The van der Waals surface area contributed by atoms with Gasteiger partial charge in [-0.05, 0) is 37.0 Å². The molecule has 3 N–H and O–H groups in total. The van der Waals surface area contributed by atoms with Gasteiger partial charge in [0.15, 0.2) is 0 Å². The summed E-state index contributed by atoms with van der Waals surface area (Å²) in [7, 11) is 0. The summed E-state index contributed by atoms with van der Waals surface area (Å²) < 4.78 is 5.10. The molecule has 0 radical (unpaired) electrons. The van der Waals surface area contributed by atoms with Crippen molar-refractivity contribution in [3.63, 3.8) is 0 Å². The predicted octanol–water partition coefficient (Wildman–Crippen LogP) is 1.51. The minimum absolute atomic E-state index is 0.0605. The van der Waals surface area contributed by atoms with E-state index in [0.717, 1.165) is 6.54 Å². The molecule has 0 spiro atoms. The number of carbonyl (C=O) groups excluding carboxylic acids is 1. The molecule has 5 heteroatoms. The van der Waals surface area contributed by atoms with Crippen LogP contribution >= 0.6 is 0 Å². The van der Waals surface area contributed by atoms with Crippen LogP contribution in [0.2, 0.25) is 0 Å². The molecule has 1 heterocycles. The van der Waals surface area contributed by atoms with Gasteiger partial charge in [0.2, 0.25) is 0 Å². The van der Waals surface area contributed by atoms with Gasteiger partial charge in [0.25, 0.3) is 0 Å².